The molecule has 2 aromatic carbocycles. The molecule has 0 fully saturated rings. The highest BCUT2D eigenvalue weighted by Crippen LogP contribution is 2.27. The molecule has 3 N–H and O–H groups in total. The molecule has 0 saturated carbocycles. The monoisotopic (exact) mass is 459 g/mol. The summed E-state index contributed by atoms with van der Waals surface area (Å²) < 4.78 is 4.62. The van der Waals surface area contributed by atoms with Crippen LogP contribution < -0.4 is 21.9 Å². The molecule has 2 amide bonds. The highest BCUT2D eigenvalue weighted by molar-refractivity contribution is 9.10. The Morgan fingerprint density at radius 3 is 2.68 bits per heavy atom. The Labute approximate surface area is 171 Å². The van der Waals surface area contributed by atoms with Crippen molar-refractivity contribution in [1.82, 2.24) is 24.8 Å². The summed E-state index contributed by atoms with van der Waals surface area (Å²) in [5.74, 6) is 0. The summed E-state index contributed by atoms with van der Waals surface area (Å²) in [6.45, 7) is 0. The maximum atomic E-state index is 12.1. The van der Waals surface area contributed by atoms with Crippen LogP contribution in [-0.2, 0) is 7.05 Å². The fourth-order valence-corrected chi connectivity index (χ4v) is 3.84. The van der Waals surface area contributed by atoms with Gasteiger partial charge in [-0.05, 0) is 42.5 Å². The van der Waals surface area contributed by atoms with E-state index >= 15 is 0 Å². The maximum absolute atomic E-state index is 12.1. The number of hydrazine groups is 1. The third kappa shape index (κ3) is 3.75. The van der Waals surface area contributed by atoms with Gasteiger partial charge in [0.25, 0.3) is 0 Å². The van der Waals surface area contributed by atoms with Gasteiger partial charge in [-0.2, -0.15) is 9.78 Å². The number of amides is 2. The van der Waals surface area contributed by atoms with Gasteiger partial charge in [0, 0.05) is 17.2 Å². The van der Waals surface area contributed by atoms with E-state index in [0.29, 0.717) is 16.5 Å². The largest absolute Gasteiger partial charge is 0.350 e. The van der Waals surface area contributed by atoms with Gasteiger partial charge in [-0.1, -0.05) is 27.3 Å². The van der Waals surface area contributed by atoms with Crippen LogP contribution >= 0.6 is 27.3 Å². The molecule has 0 unspecified atom stereocenters. The van der Waals surface area contributed by atoms with Gasteiger partial charge in [0.15, 0.2) is 0 Å². The number of carbonyl (C=O) groups excluding carboxylic acids is 1. The zero-order valence-corrected chi connectivity index (χ0v) is 16.9. The molecule has 2 heterocycles. The summed E-state index contributed by atoms with van der Waals surface area (Å²) in [5.41, 5.74) is 7.12. The van der Waals surface area contributed by atoms with Crippen molar-refractivity contribution < 1.29 is 4.79 Å². The molecule has 0 aliphatic carbocycles. The number of aromatic nitrogens is 4. The van der Waals surface area contributed by atoms with Gasteiger partial charge in [0.1, 0.15) is 6.33 Å². The average molecular weight is 460 g/mol. The predicted molar refractivity (Wildman–Crippen MR) is 112 cm³/mol. The normalized spacial score (nSPS) is 10.8. The minimum Gasteiger partial charge on any atom is -0.307 e. The Morgan fingerprint density at radius 1 is 1.18 bits per heavy atom. The number of hydrogen-bond donors (Lipinski definition) is 3. The zero-order chi connectivity index (χ0) is 19.7. The second kappa shape index (κ2) is 7.44. The van der Waals surface area contributed by atoms with Crippen molar-refractivity contribution >= 4 is 54.3 Å². The molecule has 9 nitrogen and oxygen atoms in total. The van der Waals surface area contributed by atoms with Crippen LogP contribution in [0.5, 0.6) is 0 Å². The number of anilines is 2. The summed E-state index contributed by atoms with van der Waals surface area (Å²) >= 11 is 4.85. The van der Waals surface area contributed by atoms with Gasteiger partial charge in [-0.3, -0.25) is 9.99 Å². The second-order valence-electron chi connectivity index (χ2n) is 5.82. The van der Waals surface area contributed by atoms with Crippen molar-refractivity contribution in [2.75, 3.05) is 10.7 Å². The molecule has 11 heteroatoms. The minimum atomic E-state index is -0.441. The third-order valence-electron chi connectivity index (χ3n) is 3.83. The van der Waals surface area contributed by atoms with E-state index in [1.807, 2.05) is 18.2 Å². The lowest BCUT2D eigenvalue weighted by molar-refractivity contribution is 0.254. The Hall–Kier alpha value is -3.18. The number of fused-ring (bicyclic) bond motifs is 1. The van der Waals surface area contributed by atoms with Crippen LogP contribution in [0.2, 0.25) is 0 Å². The fourth-order valence-electron chi connectivity index (χ4n) is 2.46. The van der Waals surface area contributed by atoms with Crippen molar-refractivity contribution in [2.45, 2.75) is 0 Å². The van der Waals surface area contributed by atoms with Crippen molar-refractivity contribution in [3.05, 3.63) is 63.7 Å². The quantitative estimate of drug-likeness (QED) is 0.406. The van der Waals surface area contributed by atoms with E-state index in [2.05, 4.69) is 42.2 Å². The Kier molecular flexibility index (Phi) is 4.84. The lowest BCUT2D eigenvalue weighted by Gasteiger charge is -2.08. The average Bonchev–Trinajstić information content (AvgIpc) is 3.23. The van der Waals surface area contributed by atoms with E-state index < -0.39 is 6.03 Å². The molecule has 0 saturated heterocycles. The Morgan fingerprint density at radius 2 is 1.96 bits per heavy atom. The molecule has 0 bridgehead atoms. The molecule has 0 spiro atoms. The number of rotatable bonds is 4. The molecular weight excluding hydrogens is 446 g/mol. The predicted octanol–water partition coefficient (Wildman–Crippen LogP) is 3.09. The molecule has 142 valence electrons. The summed E-state index contributed by atoms with van der Waals surface area (Å²) in [5, 5.41) is 7.29. The number of thiazole rings is 1. The Bertz CT molecular complexity index is 1210. The van der Waals surface area contributed by atoms with Gasteiger partial charge >= 0.3 is 11.7 Å². The number of nitrogens with one attached hydrogen (secondary N) is 3. The van der Waals surface area contributed by atoms with Gasteiger partial charge in [0.05, 0.1) is 15.9 Å². The summed E-state index contributed by atoms with van der Waals surface area (Å²) in [6, 6.07) is 12.1. The van der Waals surface area contributed by atoms with E-state index in [-0.39, 0.29) is 5.69 Å². The topological polar surface area (TPSA) is 106 Å². The zero-order valence-electron chi connectivity index (χ0n) is 14.5. The smallest absolute Gasteiger partial charge is 0.307 e. The van der Waals surface area contributed by atoms with Crippen LogP contribution in [0.3, 0.4) is 0 Å². The molecule has 0 radical (unpaired) electrons. The van der Waals surface area contributed by atoms with E-state index in [4.69, 9.17) is 0 Å². The number of nitrogens with zero attached hydrogens (tertiary/aromatic N) is 4. The Balaban J connectivity index is 1.38. The van der Waals surface area contributed by atoms with Crippen LogP contribution in [0.1, 0.15) is 0 Å². The van der Waals surface area contributed by atoms with Crippen molar-refractivity contribution in [1.29, 1.82) is 0 Å². The van der Waals surface area contributed by atoms with Crippen molar-refractivity contribution in [2.24, 2.45) is 7.05 Å². The number of aryl methyl sites for hydroxylation is 1. The number of hydrogen-bond acceptors (Lipinski definition) is 6. The van der Waals surface area contributed by atoms with Crippen LogP contribution in [0.25, 0.3) is 15.9 Å². The SMILES string of the molecule is Cn1cnn(-c2ccc(NC(=O)NNc3nc4ccc(Br)cc4s3)cc2)c1=O. The van der Waals surface area contributed by atoms with Gasteiger partial charge in [-0.15, -0.1) is 0 Å². The highest BCUT2D eigenvalue weighted by atomic mass is 79.9. The van der Waals surface area contributed by atoms with Gasteiger partial charge in [-0.25, -0.2) is 20.0 Å². The second-order valence-corrected chi connectivity index (χ2v) is 7.76. The molecule has 0 aliphatic heterocycles. The van der Waals surface area contributed by atoms with Crippen molar-refractivity contribution in [3.8, 4) is 5.69 Å². The van der Waals surface area contributed by atoms with Gasteiger partial charge < -0.3 is 5.32 Å². The van der Waals surface area contributed by atoms with Crippen LogP contribution in [0.4, 0.5) is 15.6 Å². The summed E-state index contributed by atoms with van der Waals surface area (Å²) in [4.78, 5) is 28.4. The fraction of sp³-hybridized carbons (Fsp3) is 0.0588. The first kappa shape index (κ1) is 18.2. The van der Waals surface area contributed by atoms with Crippen LogP contribution in [-0.4, -0.2) is 25.4 Å². The summed E-state index contributed by atoms with van der Waals surface area (Å²) in [6.07, 6.45) is 1.44. The molecule has 28 heavy (non-hydrogen) atoms. The third-order valence-corrected chi connectivity index (χ3v) is 5.25. The first-order chi connectivity index (χ1) is 13.5. The number of carbonyl (C=O) groups is 1. The molecule has 0 atom stereocenters. The lowest BCUT2D eigenvalue weighted by Crippen LogP contribution is -2.33. The van der Waals surface area contributed by atoms with Crippen LogP contribution in [0, 0.1) is 0 Å². The lowest BCUT2D eigenvalue weighted by atomic mass is 10.3. The maximum Gasteiger partial charge on any atom is 0.350 e. The number of halogens is 1. The molecule has 0 aliphatic rings. The van der Waals surface area contributed by atoms with E-state index in [1.165, 1.54) is 26.9 Å². The van der Waals surface area contributed by atoms with Crippen LogP contribution in [0.15, 0.2) is 58.1 Å². The van der Waals surface area contributed by atoms with E-state index in [9.17, 15) is 9.59 Å². The molecular formula is C17H14BrN7O2S. The van der Waals surface area contributed by atoms with Gasteiger partial charge in [0.2, 0.25) is 5.13 Å². The molecule has 4 rings (SSSR count). The van der Waals surface area contributed by atoms with Crippen molar-refractivity contribution in [3.63, 3.8) is 0 Å². The van der Waals surface area contributed by atoms with E-state index in [0.717, 1.165) is 14.7 Å². The standard InChI is InChI=1S/C17H14BrN7O2S/c1-24-9-19-25(17(24)27)12-5-3-11(4-6-12)20-15(26)22-23-16-21-13-7-2-10(18)8-14(13)28-16/h2-9H,1H3,(H,21,23)(H2,20,22,26). The summed E-state index contributed by atoms with van der Waals surface area (Å²) in [7, 11) is 1.63. The number of urea groups is 1. The van der Waals surface area contributed by atoms with E-state index in [1.54, 1.807) is 31.3 Å². The first-order valence-electron chi connectivity index (χ1n) is 8.10. The molecule has 4 aromatic rings. The molecule has 2 aromatic heterocycles. The highest BCUT2D eigenvalue weighted by Gasteiger charge is 2.08. The first-order valence-corrected chi connectivity index (χ1v) is 9.71. The minimum absolute atomic E-state index is 0.245. The number of benzene rings is 2.